The molecule has 96 valence electrons. The molecular weight excluding hydrogens is 214 g/mol. The lowest BCUT2D eigenvalue weighted by atomic mass is 10.2. The van der Waals surface area contributed by atoms with Gasteiger partial charge in [0.15, 0.2) is 0 Å². The minimum atomic E-state index is 0.717. The molecule has 1 heterocycles. The molecule has 1 aromatic rings. The maximum absolute atomic E-state index is 5.09. The van der Waals surface area contributed by atoms with Crippen LogP contribution in [0.5, 0.6) is 0 Å². The standard InChI is InChI=1S/C13H23N3O/c1-4-7-14-11-12-6-5-8-15-13(12)16(2)9-10-17-3/h5-6,8,14H,4,7,9-11H2,1-3H3. The molecule has 0 saturated heterocycles. The first-order valence-corrected chi connectivity index (χ1v) is 6.14. The average molecular weight is 237 g/mol. The SMILES string of the molecule is CCCNCc1cccnc1N(C)CCOC. The fourth-order valence-corrected chi connectivity index (χ4v) is 1.65. The van der Waals surface area contributed by atoms with E-state index in [9.17, 15) is 0 Å². The summed E-state index contributed by atoms with van der Waals surface area (Å²) in [5, 5.41) is 3.40. The molecule has 0 amide bonds. The Kier molecular flexibility index (Phi) is 6.58. The van der Waals surface area contributed by atoms with Crippen molar-refractivity contribution in [2.75, 3.05) is 38.8 Å². The number of rotatable bonds is 8. The second-order valence-corrected chi connectivity index (χ2v) is 4.08. The highest BCUT2D eigenvalue weighted by Gasteiger charge is 2.07. The first-order chi connectivity index (χ1) is 8.29. The highest BCUT2D eigenvalue weighted by molar-refractivity contribution is 5.45. The Labute approximate surface area is 104 Å². The van der Waals surface area contributed by atoms with Gasteiger partial charge < -0.3 is 15.0 Å². The molecular formula is C13H23N3O. The van der Waals surface area contributed by atoms with E-state index in [0.29, 0.717) is 0 Å². The molecule has 1 N–H and O–H groups in total. The van der Waals surface area contributed by atoms with Gasteiger partial charge in [0, 0.05) is 39.0 Å². The number of nitrogens with zero attached hydrogens (tertiary/aromatic N) is 2. The molecule has 0 aliphatic carbocycles. The highest BCUT2D eigenvalue weighted by atomic mass is 16.5. The zero-order chi connectivity index (χ0) is 12.5. The van der Waals surface area contributed by atoms with Crippen LogP contribution in [0.25, 0.3) is 0 Å². The predicted octanol–water partition coefficient (Wildman–Crippen LogP) is 1.66. The summed E-state index contributed by atoms with van der Waals surface area (Å²) in [4.78, 5) is 6.57. The van der Waals surface area contributed by atoms with Crippen LogP contribution in [0.2, 0.25) is 0 Å². The quantitative estimate of drug-likeness (QED) is 0.698. The van der Waals surface area contributed by atoms with Gasteiger partial charge in [-0.05, 0) is 19.0 Å². The minimum absolute atomic E-state index is 0.717. The molecule has 0 atom stereocenters. The largest absolute Gasteiger partial charge is 0.383 e. The van der Waals surface area contributed by atoms with E-state index < -0.39 is 0 Å². The number of likely N-dealkylation sites (N-methyl/N-ethyl adjacent to an activating group) is 1. The number of anilines is 1. The third-order valence-electron chi connectivity index (χ3n) is 2.60. The summed E-state index contributed by atoms with van der Waals surface area (Å²) in [6.45, 7) is 5.65. The highest BCUT2D eigenvalue weighted by Crippen LogP contribution is 2.15. The van der Waals surface area contributed by atoms with E-state index in [-0.39, 0.29) is 0 Å². The van der Waals surface area contributed by atoms with Crippen molar-refractivity contribution < 1.29 is 4.74 Å². The van der Waals surface area contributed by atoms with E-state index in [4.69, 9.17) is 4.74 Å². The van der Waals surface area contributed by atoms with Crippen LogP contribution in [-0.2, 0) is 11.3 Å². The van der Waals surface area contributed by atoms with Crippen molar-refractivity contribution in [3.8, 4) is 0 Å². The van der Waals surface area contributed by atoms with Gasteiger partial charge in [-0.3, -0.25) is 0 Å². The lowest BCUT2D eigenvalue weighted by Gasteiger charge is -2.20. The van der Waals surface area contributed by atoms with Gasteiger partial charge in [-0.1, -0.05) is 13.0 Å². The summed E-state index contributed by atoms with van der Waals surface area (Å²) >= 11 is 0. The molecule has 0 aromatic carbocycles. The molecule has 1 rings (SSSR count). The van der Waals surface area contributed by atoms with E-state index >= 15 is 0 Å². The summed E-state index contributed by atoms with van der Waals surface area (Å²) in [6, 6.07) is 4.10. The Bertz CT molecular complexity index is 317. The zero-order valence-corrected chi connectivity index (χ0v) is 11.1. The maximum atomic E-state index is 5.09. The molecule has 0 aliphatic heterocycles. The van der Waals surface area contributed by atoms with Crippen LogP contribution in [0.4, 0.5) is 5.82 Å². The van der Waals surface area contributed by atoms with E-state index in [1.807, 2.05) is 19.3 Å². The smallest absolute Gasteiger partial charge is 0.132 e. The van der Waals surface area contributed by atoms with Gasteiger partial charge >= 0.3 is 0 Å². The molecule has 4 nitrogen and oxygen atoms in total. The van der Waals surface area contributed by atoms with Crippen molar-refractivity contribution in [2.24, 2.45) is 0 Å². The number of hydrogen-bond acceptors (Lipinski definition) is 4. The minimum Gasteiger partial charge on any atom is -0.383 e. The van der Waals surface area contributed by atoms with Crippen molar-refractivity contribution in [1.29, 1.82) is 0 Å². The molecule has 0 aliphatic rings. The van der Waals surface area contributed by atoms with Crippen LogP contribution in [0.15, 0.2) is 18.3 Å². The predicted molar refractivity (Wildman–Crippen MR) is 71.4 cm³/mol. The van der Waals surface area contributed by atoms with Crippen LogP contribution in [0.1, 0.15) is 18.9 Å². The lowest BCUT2D eigenvalue weighted by molar-refractivity contribution is 0.206. The Hall–Kier alpha value is -1.13. The van der Waals surface area contributed by atoms with Crippen LogP contribution < -0.4 is 10.2 Å². The zero-order valence-electron chi connectivity index (χ0n) is 11.1. The van der Waals surface area contributed by atoms with E-state index in [1.54, 1.807) is 7.11 Å². The number of ether oxygens (including phenoxy) is 1. The number of aromatic nitrogens is 1. The summed E-state index contributed by atoms with van der Waals surface area (Å²) < 4.78 is 5.09. The monoisotopic (exact) mass is 237 g/mol. The number of methoxy groups -OCH3 is 1. The number of hydrogen-bond donors (Lipinski definition) is 1. The Morgan fingerprint density at radius 1 is 1.47 bits per heavy atom. The first-order valence-electron chi connectivity index (χ1n) is 6.14. The van der Waals surface area contributed by atoms with Crippen molar-refractivity contribution in [2.45, 2.75) is 19.9 Å². The van der Waals surface area contributed by atoms with Gasteiger partial charge in [-0.15, -0.1) is 0 Å². The van der Waals surface area contributed by atoms with Crippen molar-refractivity contribution in [1.82, 2.24) is 10.3 Å². The first kappa shape index (κ1) is 13.9. The van der Waals surface area contributed by atoms with Gasteiger partial charge in [0.2, 0.25) is 0 Å². The van der Waals surface area contributed by atoms with Crippen molar-refractivity contribution in [3.05, 3.63) is 23.9 Å². The van der Waals surface area contributed by atoms with Crippen LogP contribution >= 0.6 is 0 Å². The van der Waals surface area contributed by atoms with Gasteiger partial charge in [-0.2, -0.15) is 0 Å². The molecule has 0 unspecified atom stereocenters. The maximum Gasteiger partial charge on any atom is 0.132 e. The van der Waals surface area contributed by atoms with Gasteiger partial charge in [0.1, 0.15) is 5.82 Å². The van der Waals surface area contributed by atoms with Crippen LogP contribution in [-0.4, -0.2) is 38.8 Å². The Morgan fingerprint density at radius 2 is 2.29 bits per heavy atom. The fraction of sp³-hybridized carbons (Fsp3) is 0.615. The molecule has 1 aromatic heterocycles. The molecule has 0 bridgehead atoms. The topological polar surface area (TPSA) is 37.4 Å². The van der Waals surface area contributed by atoms with Gasteiger partial charge in [-0.25, -0.2) is 4.98 Å². The second-order valence-electron chi connectivity index (χ2n) is 4.08. The van der Waals surface area contributed by atoms with E-state index in [1.165, 1.54) is 5.56 Å². The van der Waals surface area contributed by atoms with Crippen molar-refractivity contribution >= 4 is 5.82 Å². The summed E-state index contributed by atoms with van der Waals surface area (Å²) in [5.74, 6) is 1.04. The van der Waals surface area contributed by atoms with E-state index in [2.05, 4.69) is 28.2 Å². The molecule has 0 saturated carbocycles. The second kappa shape index (κ2) is 8.03. The molecule has 4 heteroatoms. The normalized spacial score (nSPS) is 10.5. The number of nitrogens with one attached hydrogen (secondary N) is 1. The third-order valence-corrected chi connectivity index (χ3v) is 2.60. The summed E-state index contributed by atoms with van der Waals surface area (Å²) in [6.07, 6.45) is 2.98. The third kappa shape index (κ3) is 4.71. The average Bonchev–Trinajstić information content (AvgIpc) is 2.37. The Balaban J connectivity index is 2.62. The van der Waals surface area contributed by atoms with Crippen molar-refractivity contribution in [3.63, 3.8) is 0 Å². The van der Waals surface area contributed by atoms with Crippen LogP contribution in [0, 0.1) is 0 Å². The number of pyridine rings is 1. The molecule has 0 spiro atoms. The molecule has 0 fully saturated rings. The Morgan fingerprint density at radius 3 is 3.00 bits per heavy atom. The van der Waals surface area contributed by atoms with Crippen LogP contribution in [0.3, 0.4) is 0 Å². The lowest BCUT2D eigenvalue weighted by Crippen LogP contribution is -2.25. The fourth-order valence-electron chi connectivity index (χ4n) is 1.65. The van der Waals surface area contributed by atoms with Gasteiger partial charge in [0.05, 0.1) is 6.61 Å². The van der Waals surface area contributed by atoms with Gasteiger partial charge in [0.25, 0.3) is 0 Å². The molecule has 17 heavy (non-hydrogen) atoms. The summed E-state index contributed by atoms with van der Waals surface area (Å²) in [5.41, 5.74) is 1.24. The summed E-state index contributed by atoms with van der Waals surface area (Å²) in [7, 11) is 3.76. The van der Waals surface area contributed by atoms with E-state index in [0.717, 1.165) is 38.5 Å². The molecule has 0 radical (unpaired) electrons.